The summed E-state index contributed by atoms with van der Waals surface area (Å²) >= 11 is 0. The standard InChI is InChI=1S/C17H33NO4/c1-18(2)11-7-5-4-6-8-14(19)12-15-9-10-16(22-15)13-17(20)21-3/h14-16,19H,4-13H2,1-3H3/t14-,15-,16?/m1/s1. The van der Waals surface area contributed by atoms with Gasteiger partial charge in [0, 0.05) is 0 Å². The summed E-state index contributed by atoms with van der Waals surface area (Å²) in [5.41, 5.74) is 0. The fourth-order valence-corrected chi connectivity index (χ4v) is 2.96. The van der Waals surface area contributed by atoms with E-state index in [1.807, 2.05) is 0 Å². The van der Waals surface area contributed by atoms with Crippen LogP contribution in [0.2, 0.25) is 0 Å². The second-order valence-electron chi connectivity index (χ2n) is 6.63. The molecule has 1 fully saturated rings. The number of aliphatic hydroxyl groups excluding tert-OH is 1. The Hall–Kier alpha value is -0.650. The summed E-state index contributed by atoms with van der Waals surface area (Å²) in [6.45, 7) is 1.14. The molecule has 22 heavy (non-hydrogen) atoms. The number of hydrogen-bond acceptors (Lipinski definition) is 5. The third kappa shape index (κ3) is 8.71. The maximum atomic E-state index is 11.2. The molecule has 0 bridgehead atoms. The zero-order valence-corrected chi connectivity index (χ0v) is 14.4. The fourth-order valence-electron chi connectivity index (χ4n) is 2.96. The van der Waals surface area contributed by atoms with E-state index in [4.69, 9.17) is 4.74 Å². The number of rotatable bonds is 11. The quantitative estimate of drug-likeness (QED) is 0.468. The number of ether oxygens (including phenoxy) is 2. The zero-order valence-electron chi connectivity index (χ0n) is 14.4. The first-order valence-electron chi connectivity index (χ1n) is 8.56. The molecule has 0 aliphatic carbocycles. The first-order valence-corrected chi connectivity index (χ1v) is 8.56. The van der Waals surface area contributed by atoms with Gasteiger partial charge in [-0.15, -0.1) is 0 Å². The number of esters is 1. The Morgan fingerprint density at radius 3 is 2.59 bits per heavy atom. The molecular weight excluding hydrogens is 282 g/mol. The fraction of sp³-hybridized carbons (Fsp3) is 0.941. The second kappa shape index (κ2) is 11.0. The van der Waals surface area contributed by atoms with Crippen molar-refractivity contribution < 1.29 is 19.4 Å². The highest BCUT2D eigenvalue weighted by Crippen LogP contribution is 2.26. The van der Waals surface area contributed by atoms with Gasteiger partial charge in [-0.1, -0.05) is 19.3 Å². The van der Waals surface area contributed by atoms with Crippen molar-refractivity contribution in [3.8, 4) is 0 Å². The summed E-state index contributed by atoms with van der Waals surface area (Å²) in [7, 11) is 5.59. The van der Waals surface area contributed by atoms with Crippen molar-refractivity contribution in [2.75, 3.05) is 27.7 Å². The first-order chi connectivity index (χ1) is 10.5. The van der Waals surface area contributed by atoms with E-state index in [1.165, 1.54) is 26.4 Å². The number of carbonyl (C=O) groups excluding carboxylic acids is 1. The van der Waals surface area contributed by atoms with Gasteiger partial charge in [-0.2, -0.15) is 0 Å². The second-order valence-corrected chi connectivity index (χ2v) is 6.63. The van der Waals surface area contributed by atoms with Crippen LogP contribution in [0.15, 0.2) is 0 Å². The van der Waals surface area contributed by atoms with Crippen molar-refractivity contribution in [1.29, 1.82) is 0 Å². The van der Waals surface area contributed by atoms with Gasteiger partial charge in [0.15, 0.2) is 0 Å². The normalized spacial score (nSPS) is 23.0. The van der Waals surface area contributed by atoms with Crippen molar-refractivity contribution in [3.05, 3.63) is 0 Å². The lowest BCUT2D eigenvalue weighted by Gasteiger charge is -2.17. The highest BCUT2D eigenvalue weighted by atomic mass is 16.5. The maximum absolute atomic E-state index is 11.2. The number of carbonyl (C=O) groups is 1. The molecule has 1 aliphatic rings. The highest BCUT2D eigenvalue weighted by molar-refractivity contribution is 5.69. The Balaban J connectivity index is 2.03. The van der Waals surface area contributed by atoms with E-state index in [0.717, 1.165) is 32.2 Å². The Morgan fingerprint density at radius 2 is 1.91 bits per heavy atom. The molecule has 0 aromatic carbocycles. The Morgan fingerprint density at radius 1 is 1.23 bits per heavy atom. The molecule has 1 N–H and O–H groups in total. The number of hydrogen-bond donors (Lipinski definition) is 1. The Bertz CT molecular complexity index is 309. The number of unbranched alkanes of at least 4 members (excludes halogenated alkanes) is 3. The molecule has 5 heteroatoms. The largest absolute Gasteiger partial charge is 0.469 e. The van der Waals surface area contributed by atoms with Gasteiger partial charge < -0.3 is 19.5 Å². The average Bonchev–Trinajstić information content (AvgIpc) is 2.89. The van der Waals surface area contributed by atoms with Gasteiger partial charge >= 0.3 is 5.97 Å². The van der Waals surface area contributed by atoms with E-state index in [0.29, 0.717) is 12.8 Å². The minimum absolute atomic E-state index is 0.0318. The van der Waals surface area contributed by atoms with Crippen molar-refractivity contribution in [2.45, 2.75) is 76.1 Å². The zero-order chi connectivity index (χ0) is 16.4. The predicted molar refractivity (Wildman–Crippen MR) is 86.8 cm³/mol. The van der Waals surface area contributed by atoms with Crippen LogP contribution in [-0.2, 0) is 14.3 Å². The monoisotopic (exact) mass is 315 g/mol. The first kappa shape index (κ1) is 19.4. The van der Waals surface area contributed by atoms with E-state index in [9.17, 15) is 9.90 Å². The third-order valence-electron chi connectivity index (χ3n) is 4.25. The summed E-state index contributed by atoms with van der Waals surface area (Å²) in [6, 6.07) is 0. The van der Waals surface area contributed by atoms with Crippen LogP contribution in [0.1, 0.15) is 57.8 Å². The average molecular weight is 315 g/mol. The van der Waals surface area contributed by atoms with Crippen LogP contribution in [0.4, 0.5) is 0 Å². The van der Waals surface area contributed by atoms with Crippen LogP contribution in [0, 0.1) is 0 Å². The number of nitrogens with zero attached hydrogens (tertiary/aromatic N) is 1. The molecule has 1 aliphatic heterocycles. The molecular formula is C17H33NO4. The molecule has 130 valence electrons. The molecule has 0 radical (unpaired) electrons. The van der Waals surface area contributed by atoms with Crippen LogP contribution < -0.4 is 0 Å². The summed E-state index contributed by atoms with van der Waals surface area (Å²) in [6.07, 6.45) is 8.18. The number of aliphatic hydroxyl groups is 1. The predicted octanol–water partition coefficient (Wildman–Crippen LogP) is 2.36. The minimum Gasteiger partial charge on any atom is -0.469 e. The van der Waals surface area contributed by atoms with Gasteiger partial charge in [-0.3, -0.25) is 4.79 Å². The SMILES string of the molecule is COC(=O)CC1CC[C@H](C[C@H](O)CCCCCCN(C)C)O1. The summed E-state index contributed by atoms with van der Waals surface area (Å²) in [5, 5.41) is 10.1. The molecule has 1 heterocycles. The summed E-state index contributed by atoms with van der Waals surface area (Å²) < 4.78 is 10.5. The number of methoxy groups -OCH3 is 1. The minimum atomic E-state index is -0.282. The molecule has 0 spiro atoms. The van der Waals surface area contributed by atoms with Gasteiger partial charge in [-0.05, 0) is 52.7 Å². The van der Waals surface area contributed by atoms with Crippen LogP contribution in [-0.4, -0.2) is 62.0 Å². The van der Waals surface area contributed by atoms with Gasteiger partial charge in [-0.25, -0.2) is 0 Å². The Kier molecular flexibility index (Phi) is 9.68. The highest BCUT2D eigenvalue weighted by Gasteiger charge is 2.28. The van der Waals surface area contributed by atoms with Gasteiger partial charge in [0.1, 0.15) is 0 Å². The van der Waals surface area contributed by atoms with Gasteiger partial charge in [0.25, 0.3) is 0 Å². The van der Waals surface area contributed by atoms with E-state index in [2.05, 4.69) is 23.7 Å². The lowest BCUT2D eigenvalue weighted by atomic mass is 10.0. The van der Waals surface area contributed by atoms with Crippen molar-refractivity contribution >= 4 is 5.97 Å². The van der Waals surface area contributed by atoms with Gasteiger partial charge in [0.05, 0.1) is 31.8 Å². The molecule has 1 saturated heterocycles. The summed E-state index contributed by atoms with van der Waals surface area (Å²) in [4.78, 5) is 13.4. The molecule has 3 atom stereocenters. The van der Waals surface area contributed by atoms with Crippen LogP contribution >= 0.6 is 0 Å². The third-order valence-corrected chi connectivity index (χ3v) is 4.25. The van der Waals surface area contributed by atoms with Crippen LogP contribution in [0.3, 0.4) is 0 Å². The molecule has 5 nitrogen and oxygen atoms in total. The van der Waals surface area contributed by atoms with Crippen molar-refractivity contribution in [1.82, 2.24) is 4.90 Å². The molecule has 0 saturated carbocycles. The van der Waals surface area contributed by atoms with Crippen molar-refractivity contribution in [2.24, 2.45) is 0 Å². The van der Waals surface area contributed by atoms with E-state index >= 15 is 0 Å². The summed E-state index contributed by atoms with van der Waals surface area (Å²) in [5.74, 6) is -0.219. The molecule has 1 unspecified atom stereocenters. The molecule has 1 rings (SSSR count). The lowest BCUT2D eigenvalue weighted by molar-refractivity contribution is -0.143. The molecule has 0 amide bonds. The van der Waals surface area contributed by atoms with E-state index < -0.39 is 0 Å². The van der Waals surface area contributed by atoms with E-state index in [-0.39, 0.29) is 24.3 Å². The Labute approximate surface area is 135 Å². The van der Waals surface area contributed by atoms with Crippen LogP contribution in [0.25, 0.3) is 0 Å². The topological polar surface area (TPSA) is 59.0 Å². The van der Waals surface area contributed by atoms with Crippen molar-refractivity contribution in [3.63, 3.8) is 0 Å². The van der Waals surface area contributed by atoms with Crippen LogP contribution in [0.5, 0.6) is 0 Å². The molecule has 0 aromatic heterocycles. The maximum Gasteiger partial charge on any atom is 0.308 e. The van der Waals surface area contributed by atoms with E-state index in [1.54, 1.807) is 0 Å². The van der Waals surface area contributed by atoms with Gasteiger partial charge in [0.2, 0.25) is 0 Å². The smallest absolute Gasteiger partial charge is 0.308 e. The molecule has 0 aromatic rings. The lowest BCUT2D eigenvalue weighted by Crippen LogP contribution is -2.20.